The summed E-state index contributed by atoms with van der Waals surface area (Å²) in [6.07, 6.45) is 5.96. The van der Waals surface area contributed by atoms with Crippen molar-refractivity contribution in [3.05, 3.63) is 54.0 Å². The number of hydrogen-bond donors (Lipinski definition) is 2. The van der Waals surface area contributed by atoms with Crippen LogP contribution >= 0.6 is 11.8 Å². The Labute approximate surface area is 208 Å². The molecule has 0 unspecified atom stereocenters. The maximum atomic E-state index is 12.7. The summed E-state index contributed by atoms with van der Waals surface area (Å²) in [6, 6.07) is 11.1. The highest BCUT2D eigenvalue weighted by atomic mass is 32.2. The number of rotatable bonds is 9. The molecular weight excluding hydrogens is 464 g/mol. The van der Waals surface area contributed by atoms with Crippen LogP contribution in [-0.2, 0) is 11.3 Å². The molecule has 0 spiro atoms. The molecule has 2 aromatic heterocycles. The molecule has 10 heteroatoms. The van der Waals surface area contributed by atoms with Crippen LogP contribution in [0.15, 0.2) is 52.2 Å². The van der Waals surface area contributed by atoms with Gasteiger partial charge >= 0.3 is 0 Å². The first kappa shape index (κ1) is 23.5. The van der Waals surface area contributed by atoms with Gasteiger partial charge < -0.3 is 20.0 Å². The number of nitrogens with zero attached hydrogens (tertiary/aromatic N) is 4. The SMILES string of the molecule is CC1CCN(c2nnc(SCC(=O)Nc3cccc(C(=O)NC4CC4)c3)n2Cc2ccco2)CC1. The molecule has 0 bridgehead atoms. The van der Waals surface area contributed by atoms with Gasteiger partial charge in [0, 0.05) is 30.4 Å². The number of aromatic nitrogens is 3. The van der Waals surface area contributed by atoms with Gasteiger partial charge in [0.25, 0.3) is 5.91 Å². The molecule has 1 saturated heterocycles. The number of furan rings is 1. The summed E-state index contributed by atoms with van der Waals surface area (Å²) >= 11 is 1.34. The lowest BCUT2D eigenvalue weighted by atomic mass is 10.00. The monoisotopic (exact) mass is 494 g/mol. The summed E-state index contributed by atoms with van der Waals surface area (Å²) in [5.74, 6) is 2.23. The highest BCUT2D eigenvalue weighted by Crippen LogP contribution is 2.27. The molecule has 35 heavy (non-hydrogen) atoms. The van der Waals surface area contributed by atoms with Crippen LogP contribution < -0.4 is 15.5 Å². The predicted octanol–water partition coefficient (Wildman–Crippen LogP) is 3.78. The van der Waals surface area contributed by atoms with E-state index < -0.39 is 0 Å². The van der Waals surface area contributed by atoms with Crippen LogP contribution in [0.3, 0.4) is 0 Å². The van der Waals surface area contributed by atoms with Crippen molar-refractivity contribution in [2.45, 2.75) is 50.4 Å². The first-order valence-electron chi connectivity index (χ1n) is 12.1. The fourth-order valence-electron chi connectivity index (χ4n) is 4.09. The van der Waals surface area contributed by atoms with Gasteiger partial charge in [-0.1, -0.05) is 24.8 Å². The zero-order chi connectivity index (χ0) is 24.2. The molecular formula is C25H30N6O3S. The Morgan fingerprint density at radius 2 is 1.94 bits per heavy atom. The van der Waals surface area contributed by atoms with Crippen molar-refractivity contribution in [2.75, 3.05) is 29.1 Å². The molecule has 1 aliphatic heterocycles. The van der Waals surface area contributed by atoms with E-state index in [9.17, 15) is 9.59 Å². The standard InChI is InChI=1S/C25H30N6O3S/c1-17-9-11-30(12-10-17)24-28-29-25(31(24)15-21-6-3-13-34-21)35-16-22(32)26-20-5-2-4-18(14-20)23(33)27-19-7-8-19/h2-6,13-14,17,19H,7-12,15-16H2,1H3,(H,26,32)(H,27,33). The van der Waals surface area contributed by atoms with Crippen molar-refractivity contribution in [2.24, 2.45) is 5.92 Å². The Bertz CT molecular complexity index is 1170. The number of benzene rings is 1. The Kier molecular flexibility index (Phi) is 7.08. The normalized spacial score (nSPS) is 16.3. The molecule has 184 valence electrons. The minimum atomic E-state index is -0.171. The quantitative estimate of drug-likeness (QED) is 0.436. The molecule has 3 heterocycles. The summed E-state index contributed by atoms with van der Waals surface area (Å²) in [4.78, 5) is 27.3. The van der Waals surface area contributed by atoms with Crippen molar-refractivity contribution < 1.29 is 14.0 Å². The topological polar surface area (TPSA) is 105 Å². The largest absolute Gasteiger partial charge is 0.467 e. The second kappa shape index (κ2) is 10.6. The molecule has 1 aliphatic carbocycles. The van der Waals surface area contributed by atoms with Crippen molar-refractivity contribution in [1.82, 2.24) is 20.1 Å². The Morgan fingerprint density at radius 3 is 2.69 bits per heavy atom. The molecule has 2 aliphatic rings. The molecule has 3 aromatic rings. The van der Waals surface area contributed by atoms with Crippen LogP contribution in [-0.4, -0.2) is 51.5 Å². The van der Waals surface area contributed by atoms with E-state index in [1.165, 1.54) is 11.8 Å². The highest BCUT2D eigenvalue weighted by molar-refractivity contribution is 7.99. The molecule has 0 radical (unpaired) electrons. The fraction of sp³-hybridized carbons (Fsp3) is 0.440. The van der Waals surface area contributed by atoms with E-state index in [-0.39, 0.29) is 23.6 Å². The molecule has 1 saturated carbocycles. The van der Waals surface area contributed by atoms with Crippen molar-refractivity contribution in [3.63, 3.8) is 0 Å². The second-order valence-corrected chi connectivity index (χ2v) is 10.2. The Morgan fingerprint density at radius 1 is 1.11 bits per heavy atom. The average molecular weight is 495 g/mol. The summed E-state index contributed by atoms with van der Waals surface area (Å²) in [5, 5.41) is 15.4. The molecule has 9 nitrogen and oxygen atoms in total. The average Bonchev–Trinajstić information content (AvgIpc) is 3.35. The van der Waals surface area contributed by atoms with Crippen molar-refractivity contribution >= 4 is 35.2 Å². The lowest BCUT2D eigenvalue weighted by Crippen LogP contribution is -2.35. The van der Waals surface area contributed by atoms with Crippen molar-refractivity contribution in [1.29, 1.82) is 0 Å². The van der Waals surface area contributed by atoms with Gasteiger partial charge in [-0.3, -0.25) is 14.2 Å². The lowest BCUT2D eigenvalue weighted by Gasteiger charge is -2.31. The summed E-state index contributed by atoms with van der Waals surface area (Å²) in [6.45, 7) is 4.66. The van der Waals surface area contributed by atoms with Crippen molar-refractivity contribution in [3.8, 4) is 0 Å². The first-order valence-corrected chi connectivity index (χ1v) is 13.1. The number of thioether (sulfide) groups is 1. The molecule has 2 amide bonds. The van der Waals surface area contributed by atoms with Crippen LogP contribution in [0, 0.1) is 5.92 Å². The second-order valence-electron chi connectivity index (χ2n) is 9.28. The fourth-order valence-corrected chi connectivity index (χ4v) is 4.82. The van der Waals surface area contributed by atoms with Gasteiger partial charge in [-0.25, -0.2) is 0 Å². The first-order chi connectivity index (χ1) is 17.0. The third-order valence-electron chi connectivity index (χ3n) is 6.31. The molecule has 2 fully saturated rings. The van der Waals surface area contributed by atoms with E-state index >= 15 is 0 Å². The van der Waals surface area contributed by atoms with E-state index in [0.29, 0.717) is 28.9 Å². The van der Waals surface area contributed by atoms with Gasteiger partial charge in [0.2, 0.25) is 11.9 Å². The Balaban J connectivity index is 1.24. The van der Waals surface area contributed by atoms with Gasteiger partial charge in [0.15, 0.2) is 5.16 Å². The summed E-state index contributed by atoms with van der Waals surface area (Å²) < 4.78 is 7.59. The summed E-state index contributed by atoms with van der Waals surface area (Å²) in [5.41, 5.74) is 1.14. The van der Waals surface area contributed by atoms with E-state index in [4.69, 9.17) is 4.42 Å². The van der Waals surface area contributed by atoms with Crippen LogP contribution in [0.1, 0.15) is 48.7 Å². The minimum Gasteiger partial charge on any atom is -0.467 e. The highest BCUT2D eigenvalue weighted by Gasteiger charge is 2.25. The third kappa shape index (κ3) is 6.05. The van der Waals surface area contributed by atoms with Crippen LogP contribution in [0.25, 0.3) is 0 Å². The molecule has 2 N–H and O–H groups in total. The van der Waals surface area contributed by atoms with Gasteiger partial charge in [-0.15, -0.1) is 10.2 Å². The van der Waals surface area contributed by atoms with Gasteiger partial charge in [-0.2, -0.15) is 0 Å². The number of hydrogen-bond acceptors (Lipinski definition) is 7. The molecule has 0 atom stereocenters. The number of amides is 2. The number of anilines is 2. The molecule has 1 aromatic carbocycles. The maximum Gasteiger partial charge on any atom is 0.251 e. The van der Waals surface area contributed by atoms with E-state index in [1.54, 1.807) is 30.5 Å². The van der Waals surface area contributed by atoms with E-state index in [2.05, 4.69) is 32.7 Å². The number of piperidine rings is 1. The van der Waals surface area contributed by atoms with Crippen LogP contribution in [0.5, 0.6) is 0 Å². The number of nitrogens with one attached hydrogen (secondary N) is 2. The summed E-state index contributed by atoms with van der Waals surface area (Å²) in [7, 11) is 0. The lowest BCUT2D eigenvalue weighted by molar-refractivity contribution is -0.113. The smallest absolute Gasteiger partial charge is 0.251 e. The minimum absolute atomic E-state index is 0.108. The van der Waals surface area contributed by atoms with E-state index in [0.717, 1.165) is 50.5 Å². The van der Waals surface area contributed by atoms with Crippen LogP contribution in [0.2, 0.25) is 0 Å². The van der Waals surface area contributed by atoms with E-state index in [1.807, 2.05) is 16.7 Å². The van der Waals surface area contributed by atoms with Crippen LogP contribution in [0.4, 0.5) is 11.6 Å². The predicted molar refractivity (Wildman–Crippen MR) is 135 cm³/mol. The van der Waals surface area contributed by atoms with Gasteiger partial charge in [0.1, 0.15) is 5.76 Å². The zero-order valence-corrected chi connectivity index (χ0v) is 20.6. The maximum absolute atomic E-state index is 12.7. The number of carbonyl (C=O) groups is 2. The van der Waals surface area contributed by atoms with Gasteiger partial charge in [0.05, 0.1) is 18.6 Å². The number of carbonyl (C=O) groups excluding carboxylic acids is 2. The zero-order valence-electron chi connectivity index (χ0n) is 19.8. The Hall–Kier alpha value is -3.27. The third-order valence-corrected chi connectivity index (χ3v) is 7.28. The molecule has 5 rings (SSSR count). The van der Waals surface area contributed by atoms with Gasteiger partial charge in [-0.05, 0) is 61.9 Å².